The van der Waals surface area contributed by atoms with Gasteiger partial charge in [0, 0.05) is 0 Å². The quantitative estimate of drug-likeness (QED) is 0.590. The van der Waals surface area contributed by atoms with Crippen molar-refractivity contribution in [3.63, 3.8) is 0 Å². The Morgan fingerprint density at radius 2 is 2.27 bits per heavy atom. The molecular formula is C11H18NO2V+. The van der Waals surface area contributed by atoms with Crippen LogP contribution in [0, 0.1) is 7.05 Å². The summed E-state index contributed by atoms with van der Waals surface area (Å²) in [6, 6.07) is -0.528. The zero-order valence-electron chi connectivity index (χ0n) is 8.91. The van der Waals surface area contributed by atoms with Crippen molar-refractivity contribution < 1.29 is 28.5 Å². The second-order valence-electron chi connectivity index (χ2n) is 3.76. The summed E-state index contributed by atoms with van der Waals surface area (Å²) in [5.41, 5.74) is 1.27. The number of carboxylic acid groups (broad SMARTS) is 1. The Balaban J connectivity index is 0.00000196. The molecule has 4 heteroatoms. The molecule has 0 fully saturated rings. The average Bonchev–Trinajstić information content (AvgIpc) is 2.41. The Bertz CT molecular complexity index is 229. The SMILES string of the molecule is [CH2-]NC(CC1=CCCCCC1)C(=O)O.[V+2]. The van der Waals surface area contributed by atoms with Crippen LogP contribution in [0.4, 0.5) is 0 Å². The summed E-state index contributed by atoms with van der Waals surface area (Å²) < 4.78 is 0. The maximum absolute atomic E-state index is 10.8. The van der Waals surface area contributed by atoms with Gasteiger partial charge in [0.15, 0.2) is 0 Å². The predicted octanol–water partition coefficient (Wildman–Crippen LogP) is 2.10. The minimum atomic E-state index is -0.815. The number of hydrogen-bond donors (Lipinski definition) is 2. The third-order valence-electron chi connectivity index (χ3n) is 2.65. The first kappa shape index (κ1) is 14.8. The van der Waals surface area contributed by atoms with E-state index in [1.165, 1.54) is 24.8 Å². The number of carboxylic acids is 1. The normalized spacial score (nSPS) is 18.3. The van der Waals surface area contributed by atoms with Gasteiger partial charge in [0.25, 0.3) is 0 Å². The van der Waals surface area contributed by atoms with Crippen molar-refractivity contribution in [2.75, 3.05) is 0 Å². The van der Waals surface area contributed by atoms with E-state index in [1.807, 2.05) is 0 Å². The minimum absolute atomic E-state index is 0. The van der Waals surface area contributed by atoms with Crippen LogP contribution in [0.1, 0.15) is 38.5 Å². The summed E-state index contributed by atoms with van der Waals surface area (Å²) in [6.45, 7) is 0. The minimum Gasteiger partial charge on any atom is -0.480 e. The fourth-order valence-corrected chi connectivity index (χ4v) is 1.78. The molecule has 1 atom stereocenters. The van der Waals surface area contributed by atoms with Gasteiger partial charge in [-0.1, -0.05) is 18.1 Å². The number of rotatable bonds is 4. The van der Waals surface area contributed by atoms with Crippen molar-refractivity contribution in [2.24, 2.45) is 0 Å². The van der Waals surface area contributed by atoms with E-state index < -0.39 is 12.0 Å². The first-order valence-corrected chi connectivity index (χ1v) is 5.17. The zero-order chi connectivity index (χ0) is 10.4. The molecule has 1 radical (unpaired) electrons. The number of carbonyl (C=O) groups is 1. The smallest absolute Gasteiger partial charge is 0.480 e. The third-order valence-corrected chi connectivity index (χ3v) is 2.65. The number of aliphatic carboxylic acids is 1. The van der Waals surface area contributed by atoms with Gasteiger partial charge in [0.1, 0.15) is 0 Å². The van der Waals surface area contributed by atoms with E-state index >= 15 is 0 Å². The Labute approximate surface area is 103 Å². The van der Waals surface area contributed by atoms with Gasteiger partial charge in [-0.25, -0.2) is 0 Å². The Morgan fingerprint density at radius 3 is 2.87 bits per heavy atom. The number of nitrogens with one attached hydrogen (secondary N) is 1. The average molecular weight is 247 g/mol. The molecule has 0 aromatic rings. The van der Waals surface area contributed by atoms with Crippen LogP contribution in [0.3, 0.4) is 0 Å². The molecule has 0 amide bonds. The van der Waals surface area contributed by atoms with Gasteiger partial charge in [-0.3, -0.25) is 11.8 Å². The maximum Gasteiger partial charge on any atom is 2.00 e. The van der Waals surface area contributed by atoms with Crippen molar-refractivity contribution in [2.45, 2.75) is 44.6 Å². The summed E-state index contributed by atoms with van der Waals surface area (Å²) in [5, 5.41) is 11.4. The van der Waals surface area contributed by atoms with Crippen LogP contribution >= 0.6 is 0 Å². The predicted molar refractivity (Wildman–Crippen MR) is 55.7 cm³/mol. The van der Waals surface area contributed by atoms with Gasteiger partial charge in [-0.15, -0.1) is 0 Å². The molecule has 0 spiro atoms. The van der Waals surface area contributed by atoms with E-state index in [2.05, 4.69) is 18.4 Å². The van der Waals surface area contributed by atoms with Gasteiger partial charge in [0.2, 0.25) is 0 Å². The first-order chi connectivity index (χ1) is 6.74. The molecule has 0 aliphatic heterocycles. The van der Waals surface area contributed by atoms with Gasteiger partial charge in [-0.2, -0.15) is 0 Å². The van der Waals surface area contributed by atoms with Crippen molar-refractivity contribution in [3.05, 3.63) is 18.7 Å². The van der Waals surface area contributed by atoms with Crippen LogP contribution < -0.4 is 5.32 Å². The second kappa shape index (κ2) is 7.97. The van der Waals surface area contributed by atoms with Crippen LogP contribution in [0.5, 0.6) is 0 Å². The van der Waals surface area contributed by atoms with Crippen LogP contribution in [0.15, 0.2) is 11.6 Å². The van der Waals surface area contributed by atoms with E-state index in [-0.39, 0.29) is 18.6 Å². The zero-order valence-corrected chi connectivity index (χ0v) is 10.3. The summed E-state index contributed by atoms with van der Waals surface area (Å²) in [7, 11) is 3.44. The van der Waals surface area contributed by atoms with E-state index in [0.717, 1.165) is 12.8 Å². The molecule has 0 heterocycles. The molecule has 0 saturated heterocycles. The molecular weight excluding hydrogens is 229 g/mol. The Morgan fingerprint density at radius 1 is 1.53 bits per heavy atom. The van der Waals surface area contributed by atoms with Crippen LogP contribution in [-0.2, 0) is 23.4 Å². The van der Waals surface area contributed by atoms with Crippen molar-refractivity contribution >= 4 is 5.97 Å². The van der Waals surface area contributed by atoms with Gasteiger partial charge < -0.3 is 10.4 Å². The van der Waals surface area contributed by atoms with Crippen LogP contribution in [-0.4, -0.2) is 17.1 Å². The molecule has 0 bridgehead atoms. The fraction of sp³-hybridized carbons (Fsp3) is 0.636. The van der Waals surface area contributed by atoms with Crippen molar-refractivity contribution in [3.8, 4) is 0 Å². The summed E-state index contributed by atoms with van der Waals surface area (Å²) >= 11 is 0. The molecule has 1 unspecified atom stereocenters. The van der Waals surface area contributed by atoms with Gasteiger partial charge in [-0.05, 0) is 32.1 Å². The first-order valence-electron chi connectivity index (χ1n) is 5.17. The Kier molecular flexibility index (Phi) is 7.84. The third kappa shape index (κ3) is 5.40. The van der Waals surface area contributed by atoms with Gasteiger partial charge >= 0.3 is 24.5 Å². The topological polar surface area (TPSA) is 49.3 Å². The molecule has 0 aromatic heterocycles. The summed E-state index contributed by atoms with van der Waals surface area (Å²) in [4.78, 5) is 10.8. The molecule has 0 aromatic carbocycles. The molecule has 15 heavy (non-hydrogen) atoms. The molecule has 2 N–H and O–H groups in total. The van der Waals surface area contributed by atoms with Crippen LogP contribution in [0.25, 0.3) is 0 Å². The van der Waals surface area contributed by atoms with E-state index in [4.69, 9.17) is 5.11 Å². The number of hydrogen-bond acceptors (Lipinski definition) is 2. The summed E-state index contributed by atoms with van der Waals surface area (Å²) in [6.07, 6.45) is 8.62. The molecule has 0 saturated carbocycles. The molecule has 1 aliphatic rings. The van der Waals surface area contributed by atoms with E-state index in [0.29, 0.717) is 6.42 Å². The Hall–Kier alpha value is -0.246. The van der Waals surface area contributed by atoms with Gasteiger partial charge in [0.05, 0.1) is 6.04 Å². The summed E-state index contributed by atoms with van der Waals surface area (Å²) in [5.74, 6) is -0.815. The largest absolute Gasteiger partial charge is 2.00 e. The van der Waals surface area contributed by atoms with Crippen molar-refractivity contribution in [1.29, 1.82) is 0 Å². The fourth-order valence-electron chi connectivity index (χ4n) is 1.78. The maximum atomic E-state index is 10.8. The van der Waals surface area contributed by atoms with E-state index in [1.54, 1.807) is 0 Å². The monoisotopic (exact) mass is 247 g/mol. The van der Waals surface area contributed by atoms with E-state index in [9.17, 15) is 4.79 Å². The molecule has 83 valence electrons. The molecule has 3 nitrogen and oxygen atoms in total. The van der Waals surface area contributed by atoms with Crippen LogP contribution in [0.2, 0.25) is 0 Å². The second-order valence-corrected chi connectivity index (χ2v) is 3.76. The number of allylic oxidation sites excluding steroid dienone is 1. The van der Waals surface area contributed by atoms with Crippen molar-refractivity contribution in [1.82, 2.24) is 5.32 Å². The standard InChI is InChI=1S/C11H18NO2.V/c1-12-10(11(13)14)8-9-6-4-2-3-5-7-9;/h6,10,12H,1-5,7-8H2,(H,13,14);/q-1;+2. The molecule has 1 aliphatic carbocycles. The molecule has 1 rings (SSSR count).